The Morgan fingerprint density at radius 1 is 1.13 bits per heavy atom. The van der Waals surface area contributed by atoms with E-state index in [1.807, 2.05) is 36.1 Å². The summed E-state index contributed by atoms with van der Waals surface area (Å²) in [5.74, 6) is 0.851. The molecule has 2 aliphatic heterocycles. The maximum Gasteiger partial charge on any atom is 0.229 e. The summed E-state index contributed by atoms with van der Waals surface area (Å²) in [7, 11) is 3.37. The third-order valence-corrected chi connectivity index (χ3v) is 9.01. The SMILES string of the molecule is COc1ccc(C(C)C(=O)N2CC3(CCN([S+]([O-])C4C=CC(OC)CC4)CC3)C2)cc1. The number of piperidine rings is 1. The first-order valence-electron chi connectivity index (χ1n) is 11.2. The smallest absolute Gasteiger partial charge is 0.229 e. The van der Waals surface area contributed by atoms with E-state index in [1.54, 1.807) is 14.2 Å². The van der Waals surface area contributed by atoms with Crippen LogP contribution in [0.3, 0.4) is 0 Å². The number of carbonyl (C=O) groups is 1. The molecule has 1 aromatic rings. The highest BCUT2D eigenvalue weighted by Crippen LogP contribution is 2.42. The highest BCUT2D eigenvalue weighted by molar-refractivity contribution is 7.89. The lowest BCUT2D eigenvalue weighted by molar-refractivity contribution is -0.147. The predicted octanol–water partition coefficient (Wildman–Crippen LogP) is 3.12. The number of benzene rings is 1. The van der Waals surface area contributed by atoms with E-state index in [1.165, 1.54) is 0 Å². The summed E-state index contributed by atoms with van der Waals surface area (Å²) in [6.07, 6.45) is 8.16. The Morgan fingerprint density at radius 3 is 2.35 bits per heavy atom. The lowest BCUT2D eigenvalue weighted by Gasteiger charge is -2.54. The minimum Gasteiger partial charge on any atom is -0.597 e. The Bertz CT molecular complexity index is 783. The second kappa shape index (κ2) is 9.53. The van der Waals surface area contributed by atoms with Crippen molar-refractivity contribution in [1.82, 2.24) is 9.21 Å². The predicted molar refractivity (Wildman–Crippen MR) is 122 cm³/mol. The van der Waals surface area contributed by atoms with Crippen LogP contribution in [0.2, 0.25) is 0 Å². The molecule has 1 aromatic carbocycles. The monoisotopic (exact) mass is 446 g/mol. The summed E-state index contributed by atoms with van der Waals surface area (Å²) in [5, 5.41) is 0.102. The van der Waals surface area contributed by atoms with Gasteiger partial charge in [-0.1, -0.05) is 18.2 Å². The van der Waals surface area contributed by atoms with Gasteiger partial charge in [0.05, 0.1) is 19.1 Å². The molecule has 0 radical (unpaired) electrons. The third-order valence-electron chi connectivity index (χ3n) is 7.23. The lowest BCUT2D eigenvalue weighted by atomic mass is 9.72. The van der Waals surface area contributed by atoms with E-state index < -0.39 is 11.4 Å². The van der Waals surface area contributed by atoms with Gasteiger partial charge in [-0.05, 0) is 50.0 Å². The van der Waals surface area contributed by atoms with E-state index in [0.29, 0.717) is 0 Å². The fourth-order valence-electron chi connectivity index (χ4n) is 5.01. The summed E-state index contributed by atoms with van der Waals surface area (Å²) in [5.41, 5.74) is 1.23. The van der Waals surface area contributed by atoms with Crippen molar-refractivity contribution in [2.24, 2.45) is 5.41 Å². The fraction of sp³-hybridized carbons (Fsp3) is 0.625. The minimum atomic E-state index is -0.973. The number of hydrogen-bond donors (Lipinski definition) is 0. The van der Waals surface area contributed by atoms with Gasteiger partial charge in [0, 0.05) is 56.5 Å². The Labute approximate surface area is 188 Å². The van der Waals surface area contributed by atoms with Crippen molar-refractivity contribution in [1.29, 1.82) is 0 Å². The highest BCUT2D eigenvalue weighted by Gasteiger charge is 2.49. The topological polar surface area (TPSA) is 65.1 Å². The van der Waals surface area contributed by atoms with Gasteiger partial charge in [-0.25, -0.2) is 0 Å². The molecule has 1 spiro atoms. The van der Waals surface area contributed by atoms with E-state index in [4.69, 9.17) is 9.47 Å². The van der Waals surface area contributed by atoms with Crippen LogP contribution in [0.4, 0.5) is 0 Å². The van der Waals surface area contributed by atoms with Crippen LogP contribution < -0.4 is 4.74 Å². The molecule has 0 aromatic heterocycles. The molecule has 2 fully saturated rings. The number of likely N-dealkylation sites (tertiary alicyclic amines) is 1. The van der Waals surface area contributed by atoms with Gasteiger partial charge >= 0.3 is 0 Å². The number of methoxy groups -OCH3 is 2. The van der Waals surface area contributed by atoms with E-state index in [2.05, 4.69) is 16.5 Å². The van der Waals surface area contributed by atoms with Gasteiger partial charge in [-0.2, -0.15) is 0 Å². The molecule has 31 heavy (non-hydrogen) atoms. The molecule has 4 rings (SSSR count). The summed E-state index contributed by atoms with van der Waals surface area (Å²) >= 11 is -0.973. The van der Waals surface area contributed by atoms with Crippen LogP contribution in [0.15, 0.2) is 36.4 Å². The van der Waals surface area contributed by atoms with Gasteiger partial charge in [-0.3, -0.25) is 4.79 Å². The van der Waals surface area contributed by atoms with Gasteiger partial charge in [-0.15, -0.1) is 4.31 Å². The minimum absolute atomic E-state index is 0.102. The molecule has 2 heterocycles. The first-order valence-corrected chi connectivity index (χ1v) is 12.4. The Kier molecular flexibility index (Phi) is 6.96. The highest BCUT2D eigenvalue weighted by atomic mass is 32.2. The van der Waals surface area contributed by atoms with Gasteiger partial charge in [0.1, 0.15) is 5.75 Å². The normalized spacial score (nSPS) is 27.5. The van der Waals surface area contributed by atoms with Gasteiger partial charge in [0.2, 0.25) is 5.91 Å². The van der Waals surface area contributed by atoms with Crippen LogP contribution in [0.25, 0.3) is 0 Å². The third kappa shape index (κ3) is 4.80. The maximum atomic E-state index is 13.0. The van der Waals surface area contributed by atoms with Crippen molar-refractivity contribution >= 4 is 17.3 Å². The average molecular weight is 447 g/mol. The molecule has 2 saturated heterocycles. The molecule has 4 atom stereocenters. The maximum absolute atomic E-state index is 13.0. The zero-order chi connectivity index (χ0) is 22.0. The summed E-state index contributed by atoms with van der Waals surface area (Å²) in [6, 6.07) is 7.76. The number of carbonyl (C=O) groups excluding carboxylic acids is 1. The first-order chi connectivity index (χ1) is 14.9. The number of amides is 1. The van der Waals surface area contributed by atoms with Gasteiger partial charge in [0.25, 0.3) is 0 Å². The fourth-order valence-corrected chi connectivity index (χ4v) is 6.50. The quantitative estimate of drug-likeness (QED) is 0.496. The largest absolute Gasteiger partial charge is 0.597 e. The Morgan fingerprint density at radius 2 is 1.81 bits per heavy atom. The number of hydrogen-bond acceptors (Lipinski definition) is 5. The standard InChI is InChI=1S/C24H34N2O4S/c1-18(19-4-6-20(29-2)7-5-19)23(27)25-16-24(17-25)12-14-26(15-13-24)31(28)22-10-8-21(30-3)9-11-22/h4-8,10,18,21-22H,9,11-17H2,1-3H3. The molecular weight excluding hydrogens is 412 g/mol. The van der Waals surface area contributed by atoms with E-state index >= 15 is 0 Å². The molecular formula is C24H34N2O4S. The molecule has 7 heteroatoms. The van der Waals surface area contributed by atoms with Crippen molar-refractivity contribution in [3.05, 3.63) is 42.0 Å². The van der Waals surface area contributed by atoms with Crippen LogP contribution in [0, 0.1) is 5.41 Å². The van der Waals surface area contributed by atoms with Crippen LogP contribution in [-0.4, -0.2) is 71.4 Å². The average Bonchev–Trinajstić information content (AvgIpc) is 2.81. The summed E-state index contributed by atoms with van der Waals surface area (Å²) < 4.78 is 25.7. The number of ether oxygens (including phenoxy) is 2. The molecule has 4 unspecified atom stereocenters. The van der Waals surface area contributed by atoms with Crippen molar-refractivity contribution in [3.8, 4) is 5.75 Å². The molecule has 1 amide bonds. The summed E-state index contributed by atoms with van der Waals surface area (Å²) in [6.45, 7) is 5.32. The molecule has 0 saturated carbocycles. The zero-order valence-corrected chi connectivity index (χ0v) is 19.6. The first kappa shape index (κ1) is 22.6. The van der Waals surface area contributed by atoms with Gasteiger partial charge < -0.3 is 18.9 Å². The molecule has 6 nitrogen and oxygen atoms in total. The second-order valence-electron chi connectivity index (χ2n) is 9.17. The molecule has 170 valence electrons. The van der Waals surface area contributed by atoms with Crippen LogP contribution in [0.1, 0.15) is 44.1 Å². The van der Waals surface area contributed by atoms with Crippen molar-refractivity contribution in [2.45, 2.75) is 49.9 Å². The van der Waals surface area contributed by atoms with Crippen LogP contribution >= 0.6 is 0 Å². The van der Waals surface area contributed by atoms with Crippen molar-refractivity contribution in [3.63, 3.8) is 0 Å². The summed E-state index contributed by atoms with van der Waals surface area (Å²) in [4.78, 5) is 15.0. The van der Waals surface area contributed by atoms with Crippen LogP contribution in [-0.2, 0) is 20.9 Å². The van der Waals surface area contributed by atoms with E-state index in [0.717, 1.165) is 63.2 Å². The Hall–Kier alpha value is -1.54. The second-order valence-corrected chi connectivity index (χ2v) is 10.8. The number of nitrogens with zero attached hydrogens (tertiary/aromatic N) is 2. The van der Waals surface area contributed by atoms with E-state index in [-0.39, 0.29) is 28.6 Å². The number of rotatable bonds is 6. The van der Waals surface area contributed by atoms with Gasteiger partial charge in [0.15, 0.2) is 5.25 Å². The van der Waals surface area contributed by atoms with Crippen molar-refractivity contribution in [2.75, 3.05) is 40.4 Å². The zero-order valence-electron chi connectivity index (χ0n) is 18.8. The molecule has 3 aliphatic rings. The lowest BCUT2D eigenvalue weighted by Crippen LogP contribution is -2.63. The molecule has 0 N–H and O–H groups in total. The van der Waals surface area contributed by atoms with Crippen LogP contribution in [0.5, 0.6) is 5.75 Å². The molecule has 1 aliphatic carbocycles. The van der Waals surface area contributed by atoms with E-state index in [9.17, 15) is 9.35 Å². The Balaban J connectivity index is 1.26. The van der Waals surface area contributed by atoms with Crippen molar-refractivity contribution < 1.29 is 18.8 Å². The molecule has 0 bridgehead atoms.